The van der Waals surface area contributed by atoms with E-state index in [9.17, 15) is 22.4 Å². The predicted octanol–water partition coefficient (Wildman–Crippen LogP) is 3.20. The molecule has 0 saturated carbocycles. The van der Waals surface area contributed by atoms with Crippen molar-refractivity contribution in [1.29, 1.82) is 0 Å². The summed E-state index contributed by atoms with van der Waals surface area (Å²) in [5, 5.41) is 2.84. The van der Waals surface area contributed by atoms with Crippen LogP contribution < -0.4 is 5.32 Å². The van der Waals surface area contributed by atoms with E-state index in [-0.39, 0.29) is 35.4 Å². The van der Waals surface area contributed by atoms with Crippen molar-refractivity contribution in [2.45, 2.75) is 44.6 Å². The lowest BCUT2D eigenvalue weighted by Gasteiger charge is -2.37. The number of likely N-dealkylation sites (N-methyl/N-ethyl adjacent to an activating group) is 1. The van der Waals surface area contributed by atoms with E-state index in [1.54, 1.807) is 29.2 Å². The normalized spacial score (nSPS) is 16.1. The van der Waals surface area contributed by atoms with E-state index in [1.165, 1.54) is 28.6 Å². The van der Waals surface area contributed by atoms with Gasteiger partial charge in [0.2, 0.25) is 15.9 Å². The topological polar surface area (TPSA) is 86.8 Å². The number of piperidine rings is 1. The molecule has 2 aromatic carbocycles. The summed E-state index contributed by atoms with van der Waals surface area (Å²) >= 11 is 0. The number of sulfonamides is 1. The Bertz CT molecular complexity index is 1090. The van der Waals surface area contributed by atoms with Crippen LogP contribution >= 0.6 is 0 Å². The van der Waals surface area contributed by atoms with Crippen LogP contribution in [0.15, 0.2) is 53.4 Å². The van der Waals surface area contributed by atoms with Crippen LogP contribution in [0.2, 0.25) is 0 Å². The summed E-state index contributed by atoms with van der Waals surface area (Å²) in [5.74, 6) is -1.32. The molecule has 1 fully saturated rings. The second-order valence-corrected chi connectivity index (χ2v) is 10.5. The van der Waals surface area contributed by atoms with Crippen LogP contribution in [0.25, 0.3) is 0 Å². The maximum Gasteiger partial charge on any atom is 0.251 e. The van der Waals surface area contributed by atoms with Crippen LogP contribution in [-0.2, 0) is 14.8 Å². The third kappa shape index (κ3) is 5.82. The molecule has 1 aliphatic heterocycles. The van der Waals surface area contributed by atoms with Gasteiger partial charge in [-0.05, 0) is 75.9 Å². The molecular formula is C25H32FN3O4S. The van der Waals surface area contributed by atoms with E-state index < -0.39 is 27.8 Å². The molecule has 0 radical (unpaired) electrons. The van der Waals surface area contributed by atoms with Crippen LogP contribution in [0.5, 0.6) is 0 Å². The van der Waals surface area contributed by atoms with E-state index >= 15 is 0 Å². The fourth-order valence-electron chi connectivity index (χ4n) is 4.25. The lowest BCUT2D eigenvalue weighted by Crippen LogP contribution is -2.54. The second kappa shape index (κ2) is 11.1. The van der Waals surface area contributed by atoms with Gasteiger partial charge >= 0.3 is 0 Å². The van der Waals surface area contributed by atoms with Gasteiger partial charge in [-0.25, -0.2) is 12.8 Å². The highest BCUT2D eigenvalue weighted by Crippen LogP contribution is 2.27. The van der Waals surface area contributed by atoms with Gasteiger partial charge in [0.25, 0.3) is 5.91 Å². The number of benzene rings is 2. The van der Waals surface area contributed by atoms with Crippen LogP contribution in [0.3, 0.4) is 0 Å². The molecule has 0 aromatic heterocycles. The molecule has 1 aliphatic rings. The number of hydrogen-bond acceptors (Lipinski definition) is 4. The van der Waals surface area contributed by atoms with E-state index in [1.807, 2.05) is 20.8 Å². The van der Waals surface area contributed by atoms with Crippen molar-refractivity contribution in [1.82, 2.24) is 14.5 Å². The zero-order valence-corrected chi connectivity index (χ0v) is 20.6. The van der Waals surface area contributed by atoms with Crippen molar-refractivity contribution in [3.63, 3.8) is 0 Å². The number of rotatable bonds is 8. The van der Waals surface area contributed by atoms with Gasteiger partial charge in [0.05, 0.1) is 4.90 Å². The van der Waals surface area contributed by atoms with Crippen molar-refractivity contribution >= 4 is 21.8 Å². The van der Waals surface area contributed by atoms with Gasteiger partial charge in [-0.15, -0.1) is 0 Å². The second-order valence-electron chi connectivity index (χ2n) is 8.52. The Labute approximate surface area is 201 Å². The SMILES string of the molecule is CCN(CC)C(=O)C(NC(=O)c1ccc(F)cc1)C1CCN(S(=O)(=O)c2ccc(C)cc2)CC1. The fraction of sp³-hybridized carbons (Fsp3) is 0.440. The Morgan fingerprint density at radius 1 is 1.03 bits per heavy atom. The summed E-state index contributed by atoms with van der Waals surface area (Å²) in [6, 6.07) is 11.1. The smallest absolute Gasteiger partial charge is 0.251 e. The third-order valence-corrected chi connectivity index (χ3v) is 8.28. The zero-order chi connectivity index (χ0) is 24.9. The summed E-state index contributed by atoms with van der Waals surface area (Å²) in [4.78, 5) is 28.0. The van der Waals surface area contributed by atoms with Crippen LogP contribution in [-0.4, -0.2) is 61.7 Å². The molecular weight excluding hydrogens is 457 g/mol. The van der Waals surface area contributed by atoms with Crippen LogP contribution in [0.4, 0.5) is 4.39 Å². The summed E-state index contributed by atoms with van der Waals surface area (Å²) in [6.45, 7) is 7.16. The first-order valence-electron chi connectivity index (χ1n) is 11.6. The number of nitrogens with one attached hydrogen (secondary N) is 1. The van der Waals surface area contributed by atoms with E-state index in [4.69, 9.17) is 0 Å². The van der Waals surface area contributed by atoms with Gasteiger partial charge in [-0.3, -0.25) is 9.59 Å². The van der Waals surface area contributed by atoms with Gasteiger partial charge in [0.15, 0.2) is 0 Å². The Balaban J connectivity index is 1.76. The van der Waals surface area contributed by atoms with Gasteiger partial charge in [0.1, 0.15) is 11.9 Å². The highest BCUT2D eigenvalue weighted by molar-refractivity contribution is 7.89. The van der Waals surface area contributed by atoms with Crippen molar-refractivity contribution in [3.8, 4) is 0 Å². The summed E-state index contributed by atoms with van der Waals surface area (Å²) < 4.78 is 40.8. The van der Waals surface area contributed by atoms with Crippen LogP contribution in [0, 0.1) is 18.7 Å². The van der Waals surface area contributed by atoms with Gasteiger partial charge < -0.3 is 10.2 Å². The molecule has 9 heteroatoms. The first-order chi connectivity index (χ1) is 16.2. The first-order valence-corrected chi connectivity index (χ1v) is 13.0. The van der Waals surface area contributed by atoms with Gasteiger partial charge in [0, 0.05) is 31.7 Å². The highest BCUT2D eigenvalue weighted by atomic mass is 32.2. The lowest BCUT2D eigenvalue weighted by molar-refractivity contribution is -0.134. The number of carbonyl (C=O) groups is 2. The minimum Gasteiger partial charge on any atom is -0.341 e. The minimum absolute atomic E-state index is 0.194. The summed E-state index contributed by atoms with van der Waals surface area (Å²) in [5.41, 5.74) is 1.24. The maximum absolute atomic E-state index is 13.3. The number of halogens is 1. The maximum atomic E-state index is 13.3. The van der Waals surface area contributed by atoms with Gasteiger partial charge in [-0.1, -0.05) is 17.7 Å². The molecule has 7 nitrogen and oxygen atoms in total. The van der Waals surface area contributed by atoms with Crippen molar-refractivity contribution in [3.05, 3.63) is 65.5 Å². The van der Waals surface area contributed by atoms with E-state index in [2.05, 4.69) is 5.32 Å². The predicted molar refractivity (Wildman–Crippen MR) is 128 cm³/mol. The fourth-order valence-corrected chi connectivity index (χ4v) is 5.72. The Hall–Kier alpha value is -2.78. The largest absolute Gasteiger partial charge is 0.341 e. The Kier molecular flexibility index (Phi) is 8.43. The molecule has 1 heterocycles. The van der Waals surface area contributed by atoms with Crippen molar-refractivity contribution in [2.24, 2.45) is 5.92 Å². The standard InChI is InChI=1S/C25H32FN3O4S/c1-4-28(5-2)25(31)23(27-24(30)20-8-10-21(26)11-9-20)19-14-16-29(17-15-19)34(32,33)22-12-6-18(3)7-13-22/h6-13,19,23H,4-5,14-17H2,1-3H3,(H,27,30). The third-order valence-electron chi connectivity index (χ3n) is 6.36. The van der Waals surface area contributed by atoms with Crippen molar-refractivity contribution < 1.29 is 22.4 Å². The molecule has 2 amide bonds. The molecule has 0 spiro atoms. The monoisotopic (exact) mass is 489 g/mol. The quantitative estimate of drug-likeness (QED) is 0.617. The van der Waals surface area contributed by atoms with Crippen LogP contribution in [0.1, 0.15) is 42.6 Å². The average Bonchev–Trinajstić information content (AvgIpc) is 2.84. The average molecular weight is 490 g/mol. The molecule has 1 atom stereocenters. The molecule has 3 rings (SSSR count). The number of carbonyl (C=O) groups excluding carboxylic acids is 2. The molecule has 2 aromatic rings. The molecule has 1 saturated heterocycles. The summed E-state index contributed by atoms with van der Waals surface area (Å²) in [7, 11) is -3.63. The number of nitrogens with zero attached hydrogens (tertiary/aromatic N) is 2. The number of amides is 2. The molecule has 0 aliphatic carbocycles. The van der Waals surface area contributed by atoms with Crippen molar-refractivity contribution in [2.75, 3.05) is 26.2 Å². The molecule has 34 heavy (non-hydrogen) atoms. The zero-order valence-electron chi connectivity index (χ0n) is 19.8. The van der Waals surface area contributed by atoms with E-state index in [0.29, 0.717) is 25.9 Å². The minimum atomic E-state index is -3.63. The molecule has 0 bridgehead atoms. The number of hydrogen-bond donors (Lipinski definition) is 1. The molecule has 1 unspecified atom stereocenters. The number of aryl methyl sites for hydroxylation is 1. The highest BCUT2D eigenvalue weighted by Gasteiger charge is 2.37. The molecule has 184 valence electrons. The van der Waals surface area contributed by atoms with E-state index in [0.717, 1.165) is 5.56 Å². The lowest BCUT2D eigenvalue weighted by atomic mass is 9.89. The first kappa shape index (κ1) is 25.8. The molecule has 1 N–H and O–H groups in total. The Morgan fingerprint density at radius 2 is 1.59 bits per heavy atom. The Morgan fingerprint density at radius 3 is 2.12 bits per heavy atom. The summed E-state index contributed by atoms with van der Waals surface area (Å²) in [6.07, 6.45) is 0.874. The van der Waals surface area contributed by atoms with Gasteiger partial charge in [-0.2, -0.15) is 4.31 Å².